The number of aliphatic hydroxyl groups is 1. The minimum Gasteiger partial charge on any atom is -0.478 e. The minimum absolute atomic E-state index is 0.144. The third-order valence-corrected chi connectivity index (χ3v) is 4.56. The van der Waals surface area contributed by atoms with Gasteiger partial charge in [0.2, 0.25) is 0 Å². The Kier molecular flexibility index (Phi) is 4.46. The summed E-state index contributed by atoms with van der Waals surface area (Å²) in [5, 5.41) is 21.8. The van der Waals surface area contributed by atoms with E-state index in [0.29, 0.717) is 10.9 Å². The van der Waals surface area contributed by atoms with Gasteiger partial charge in [-0.25, -0.2) is 4.79 Å². The molecule has 116 valence electrons. The Hall–Kier alpha value is -2.17. The van der Waals surface area contributed by atoms with Crippen molar-refractivity contribution in [3.63, 3.8) is 0 Å². The lowest BCUT2D eigenvalue weighted by atomic mass is 9.89. The molecule has 0 aliphatic carbocycles. The zero-order valence-electron chi connectivity index (χ0n) is 12.3. The number of carboxylic acid groups (broad SMARTS) is 1. The third kappa shape index (κ3) is 2.87. The van der Waals surface area contributed by atoms with E-state index in [-0.39, 0.29) is 12.2 Å². The summed E-state index contributed by atoms with van der Waals surface area (Å²) in [5.41, 5.74) is 3.35. The van der Waals surface area contributed by atoms with Gasteiger partial charge in [0.1, 0.15) is 0 Å². The monoisotopic (exact) mass is 370 g/mol. The van der Waals surface area contributed by atoms with Crippen molar-refractivity contribution in [1.29, 1.82) is 0 Å². The number of aromatic carboxylic acids is 1. The molecule has 3 aromatic rings. The van der Waals surface area contributed by atoms with Crippen LogP contribution in [0.4, 0.5) is 0 Å². The number of hydrogen-bond donors (Lipinski definition) is 2. The fourth-order valence-electron chi connectivity index (χ4n) is 2.87. The first-order valence-electron chi connectivity index (χ1n) is 7.19. The number of carboxylic acids is 1. The number of fused-ring (bicyclic) bond motifs is 1. The van der Waals surface area contributed by atoms with Crippen molar-refractivity contribution in [2.75, 3.05) is 0 Å². The molecule has 0 aliphatic heterocycles. The standard InChI is InChI=1S/C19H15BrO3/c20-10-12-6-7-15-14(8-12)9-16(19(22)23)17(11-21)18(15)13-4-2-1-3-5-13/h1-9,21H,10-11H2,(H,22,23). The average molecular weight is 371 g/mol. The SMILES string of the molecule is O=C(O)c1cc2cc(CBr)ccc2c(-c2ccccc2)c1CO. The van der Waals surface area contributed by atoms with E-state index in [1.54, 1.807) is 6.07 Å². The van der Waals surface area contributed by atoms with E-state index in [2.05, 4.69) is 15.9 Å². The molecule has 0 radical (unpaired) electrons. The molecule has 23 heavy (non-hydrogen) atoms. The molecular weight excluding hydrogens is 356 g/mol. The Morgan fingerprint density at radius 3 is 2.39 bits per heavy atom. The van der Waals surface area contributed by atoms with Crippen LogP contribution in [0.1, 0.15) is 21.5 Å². The molecular formula is C19H15BrO3. The molecule has 2 N–H and O–H groups in total. The van der Waals surface area contributed by atoms with Crippen LogP contribution in [0.15, 0.2) is 54.6 Å². The summed E-state index contributed by atoms with van der Waals surface area (Å²) in [4.78, 5) is 11.6. The summed E-state index contributed by atoms with van der Waals surface area (Å²) in [7, 11) is 0. The Morgan fingerprint density at radius 1 is 1.04 bits per heavy atom. The maximum Gasteiger partial charge on any atom is 0.336 e. The van der Waals surface area contributed by atoms with E-state index in [1.165, 1.54) is 0 Å². The summed E-state index contributed by atoms with van der Waals surface area (Å²) < 4.78 is 0. The van der Waals surface area contributed by atoms with Gasteiger partial charge in [0.05, 0.1) is 12.2 Å². The van der Waals surface area contributed by atoms with Crippen LogP contribution in [0.2, 0.25) is 0 Å². The number of carbonyl (C=O) groups is 1. The lowest BCUT2D eigenvalue weighted by molar-refractivity contribution is 0.0693. The third-order valence-electron chi connectivity index (χ3n) is 3.92. The number of halogens is 1. The highest BCUT2D eigenvalue weighted by Crippen LogP contribution is 2.35. The zero-order valence-corrected chi connectivity index (χ0v) is 13.9. The quantitative estimate of drug-likeness (QED) is 0.660. The number of rotatable bonds is 4. The van der Waals surface area contributed by atoms with Gasteiger partial charge in [0.15, 0.2) is 0 Å². The molecule has 3 aromatic carbocycles. The lowest BCUT2D eigenvalue weighted by Crippen LogP contribution is -2.05. The second-order valence-electron chi connectivity index (χ2n) is 5.30. The van der Waals surface area contributed by atoms with Gasteiger partial charge in [-0.3, -0.25) is 0 Å². The molecule has 0 aliphatic rings. The highest BCUT2D eigenvalue weighted by Gasteiger charge is 2.18. The van der Waals surface area contributed by atoms with Crippen molar-refractivity contribution >= 4 is 32.7 Å². The molecule has 0 fully saturated rings. The predicted molar refractivity (Wildman–Crippen MR) is 94.9 cm³/mol. The van der Waals surface area contributed by atoms with E-state index >= 15 is 0 Å². The van der Waals surface area contributed by atoms with E-state index in [0.717, 1.165) is 27.5 Å². The van der Waals surface area contributed by atoms with Gasteiger partial charge in [-0.05, 0) is 33.5 Å². The summed E-state index contributed by atoms with van der Waals surface area (Å²) in [5.74, 6) is -1.03. The van der Waals surface area contributed by atoms with Crippen LogP contribution >= 0.6 is 15.9 Å². The van der Waals surface area contributed by atoms with E-state index in [1.807, 2.05) is 48.5 Å². The van der Waals surface area contributed by atoms with Gasteiger partial charge >= 0.3 is 5.97 Å². The van der Waals surface area contributed by atoms with Crippen molar-refractivity contribution < 1.29 is 15.0 Å². The molecule has 0 amide bonds. The van der Waals surface area contributed by atoms with Crippen molar-refractivity contribution in [3.8, 4) is 11.1 Å². The molecule has 0 saturated carbocycles. The normalized spacial score (nSPS) is 10.9. The van der Waals surface area contributed by atoms with E-state index in [4.69, 9.17) is 0 Å². The minimum atomic E-state index is -1.03. The summed E-state index contributed by atoms with van der Waals surface area (Å²) >= 11 is 3.43. The maximum atomic E-state index is 11.6. The molecule has 3 nitrogen and oxygen atoms in total. The first-order chi connectivity index (χ1) is 11.2. The second kappa shape index (κ2) is 6.52. The van der Waals surface area contributed by atoms with Gasteiger partial charge in [0, 0.05) is 10.9 Å². The van der Waals surface area contributed by atoms with Gasteiger partial charge in [-0.1, -0.05) is 64.5 Å². The van der Waals surface area contributed by atoms with Crippen molar-refractivity contribution in [2.45, 2.75) is 11.9 Å². The molecule has 3 rings (SSSR count). The first-order valence-corrected chi connectivity index (χ1v) is 8.32. The number of aliphatic hydroxyl groups excluding tert-OH is 1. The van der Waals surface area contributed by atoms with Crippen molar-refractivity contribution in [2.24, 2.45) is 0 Å². The summed E-state index contributed by atoms with van der Waals surface area (Å²) in [6, 6.07) is 17.2. The zero-order chi connectivity index (χ0) is 16.4. The number of alkyl halides is 1. The smallest absolute Gasteiger partial charge is 0.336 e. The average Bonchev–Trinajstić information content (AvgIpc) is 2.60. The Bertz CT molecular complexity index is 873. The Morgan fingerprint density at radius 2 is 1.78 bits per heavy atom. The Balaban J connectivity index is 2.44. The van der Waals surface area contributed by atoms with Gasteiger partial charge in [0.25, 0.3) is 0 Å². The summed E-state index contributed by atoms with van der Waals surface area (Å²) in [6.07, 6.45) is 0. The van der Waals surface area contributed by atoms with E-state index in [9.17, 15) is 15.0 Å². The maximum absolute atomic E-state index is 11.6. The molecule has 0 spiro atoms. The largest absolute Gasteiger partial charge is 0.478 e. The van der Waals surface area contributed by atoms with Gasteiger partial charge < -0.3 is 10.2 Å². The predicted octanol–water partition coefficient (Wildman–Crippen LogP) is 4.59. The van der Waals surface area contributed by atoms with Crippen LogP contribution in [0.25, 0.3) is 21.9 Å². The van der Waals surface area contributed by atoms with Gasteiger partial charge in [-0.15, -0.1) is 0 Å². The molecule has 4 heteroatoms. The molecule has 0 atom stereocenters. The first kappa shape index (κ1) is 15.7. The Labute approximate surface area is 142 Å². The van der Waals surface area contributed by atoms with Crippen LogP contribution in [0.5, 0.6) is 0 Å². The second-order valence-corrected chi connectivity index (χ2v) is 5.86. The van der Waals surface area contributed by atoms with Crippen LogP contribution in [-0.2, 0) is 11.9 Å². The van der Waals surface area contributed by atoms with Gasteiger partial charge in [-0.2, -0.15) is 0 Å². The van der Waals surface area contributed by atoms with Crippen LogP contribution in [-0.4, -0.2) is 16.2 Å². The summed E-state index contributed by atoms with van der Waals surface area (Å²) in [6.45, 7) is -0.317. The molecule has 0 unspecified atom stereocenters. The fraction of sp³-hybridized carbons (Fsp3) is 0.105. The van der Waals surface area contributed by atoms with Crippen LogP contribution in [0, 0.1) is 0 Å². The topological polar surface area (TPSA) is 57.5 Å². The van der Waals surface area contributed by atoms with Crippen molar-refractivity contribution in [3.05, 3.63) is 71.3 Å². The molecule has 0 saturated heterocycles. The number of benzene rings is 3. The molecule has 0 heterocycles. The van der Waals surface area contributed by atoms with Crippen molar-refractivity contribution in [1.82, 2.24) is 0 Å². The molecule has 0 aromatic heterocycles. The fourth-order valence-corrected chi connectivity index (χ4v) is 3.22. The highest BCUT2D eigenvalue weighted by atomic mass is 79.9. The number of hydrogen-bond acceptors (Lipinski definition) is 2. The van der Waals surface area contributed by atoms with Crippen LogP contribution < -0.4 is 0 Å². The van der Waals surface area contributed by atoms with E-state index < -0.39 is 5.97 Å². The lowest BCUT2D eigenvalue weighted by Gasteiger charge is -2.15. The molecule has 0 bridgehead atoms. The van der Waals surface area contributed by atoms with Crippen LogP contribution in [0.3, 0.4) is 0 Å². The highest BCUT2D eigenvalue weighted by molar-refractivity contribution is 9.08.